The van der Waals surface area contributed by atoms with E-state index in [1.165, 1.54) is 37.7 Å². The molecule has 1 aromatic carbocycles. The van der Waals surface area contributed by atoms with Gasteiger partial charge < -0.3 is 4.57 Å². The third-order valence-electron chi connectivity index (χ3n) is 5.85. The van der Waals surface area contributed by atoms with E-state index in [0.29, 0.717) is 23.9 Å². The van der Waals surface area contributed by atoms with E-state index in [1.54, 1.807) is 16.4 Å². The third kappa shape index (κ3) is 3.04. The molecule has 1 atom stereocenters. The molecule has 0 radical (unpaired) electrons. The minimum atomic E-state index is -3.46. The van der Waals surface area contributed by atoms with Crippen LogP contribution in [-0.4, -0.2) is 23.8 Å². The van der Waals surface area contributed by atoms with Crippen molar-refractivity contribution in [2.45, 2.75) is 62.4 Å². The van der Waals surface area contributed by atoms with Crippen LogP contribution in [0, 0.1) is 0 Å². The van der Waals surface area contributed by atoms with Gasteiger partial charge in [0.15, 0.2) is 0 Å². The number of aromatic nitrogens is 1. The second-order valence-corrected chi connectivity index (χ2v) is 9.21. The summed E-state index contributed by atoms with van der Waals surface area (Å²) in [6, 6.07) is 11.5. The lowest BCUT2D eigenvalue weighted by Crippen LogP contribution is -2.40. The van der Waals surface area contributed by atoms with Gasteiger partial charge in [0, 0.05) is 25.0 Å². The van der Waals surface area contributed by atoms with Gasteiger partial charge in [0.2, 0.25) is 10.0 Å². The van der Waals surface area contributed by atoms with E-state index >= 15 is 0 Å². The lowest BCUT2D eigenvalue weighted by Gasteiger charge is -2.34. The van der Waals surface area contributed by atoms with Gasteiger partial charge in [-0.25, -0.2) is 8.42 Å². The van der Waals surface area contributed by atoms with Gasteiger partial charge in [0.25, 0.3) is 0 Å². The van der Waals surface area contributed by atoms with Crippen molar-refractivity contribution in [1.82, 2.24) is 8.87 Å². The Balaban J connectivity index is 1.58. The van der Waals surface area contributed by atoms with E-state index in [4.69, 9.17) is 0 Å². The molecule has 2 aromatic rings. The summed E-state index contributed by atoms with van der Waals surface area (Å²) < 4.78 is 30.0. The van der Waals surface area contributed by atoms with Crippen molar-refractivity contribution >= 4 is 10.0 Å². The van der Waals surface area contributed by atoms with Crippen LogP contribution in [0.15, 0.2) is 47.5 Å². The topological polar surface area (TPSA) is 42.3 Å². The van der Waals surface area contributed by atoms with E-state index < -0.39 is 10.0 Å². The first-order chi connectivity index (χ1) is 12.1. The smallest absolute Gasteiger partial charge is 0.243 e. The van der Waals surface area contributed by atoms with Crippen LogP contribution in [0.25, 0.3) is 0 Å². The molecular formula is C20H26N2O2S. The molecule has 1 aromatic heterocycles. The predicted octanol–water partition coefficient (Wildman–Crippen LogP) is 4.30. The zero-order valence-electron chi connectivity index (χ0n) is 14.8. The summed E-state index contributed by atoms with van der Waals surface area (Å²) in [5.74, 6) is 0.600. The third-order valence-corrected chi connectivity index (χ3v) is 7.83. The fraction of sp³-hybridized carbons (Fsp3) is 0.500. The Labute approximate surface area is 150 Å². The summed E-state index contributed by atoms with van der Waals surface area (Å²) >= 11 is 0. The van der Waals surface area contributed by atoms with Gasteiger partial charge in [0.1, 0.15) is 0 Å². The molecule has 1 aliphatic heterocycles. The molecule has 0 amide bonds. The Morgan fingerprint density at radius 3 is 2.40 bits per heavy atom. The fourth-order valence-corrected chi connectivity index (χ4v) is 5.97. The van der Waals surface area contributed by atoms with Crippen LogP contribution in [0.2, 0.25) is 0 Å². The van der Waals surface area contributed by atoms with Gasteiger partial charge in [-0.05, 0) is 55.5 Å². The van der Waals surface area contributed by atoms with Crippen molar-refractivity contribution < 1.29 is 8.42 Å². The van der Waals surface area contributed by atoms with Gasteiger partial charge >= 0.3 is 0 Å². The maximum absolute atomic E-state index is 13.1. The summed E-state index contributed by atoms with van der Waals surface area (Å²) in [5.41, 5.74) is 2.35. The molecule has 25 heavy (non-hydrogen) atoms. The van der Waals surface area contributed by atoms with Crippen molar-refractivity contribution in [3.63, 3.8) is 0 Å². The lowest BCUT2D eigenvalue weighted by atomic mass is 9.84. The molecule has 4 nitrogen and oxygen atoms in total. The summed E-state index contributed by atoms with van der Waals surface area (Å²) in [6.07, 6.45) is 8.39. The maximum Gasteiger partial charge on any atom is 0.243 e. The van der Waals surface area contributed by atoms with Crippen molar-refractivity contribution in [3.8, 4) is 0 Å². The Kier molecular flexibility index (Phi) is 4.46. The van der Waals surface area contributed by atoms with Crippen LogP contribution in [0.4, 0.5) is 0 Å². The summed E-state index contributed by atoms with van der Waals surface area (Å²) in [6.45, 7) is 3.21. The molecule has 0 N–H and O–H groups in total. The van der Waals surface area contributed by atoms with Gasteiger partial charge in [-0.2, -0.15) is 4.31 Å². The van der Waals surface area contributed by atoms with E-state index in [1.807, 2.05) is 37.4 Å². The van der Waals surface area contributed by atoms with Crippen LogP contribution in [-0.2, 0) is 16.6 Å². The van der Waals surface area contributed by atoms with E-state index in [9.17, 15) is 8.42 Å². The normalized spacial score (nSPS) is 22.7. The molecule has 0 spiro atoms. The Bertz CT molecular complexity index is 833. The van der Waals surface area contributed by atoms with Crippen molar-refractivity contribution in [1.29, 1.82) is 0 Å². The zero-order chi connectivity index (χ0) is 17.4. The molecule has 1 aliphatic carbocycles. The number of nitrogens with zero attached hydrogens (tertiary/aromatic N) is 2. The van der Waals surface area contributed by atoms with Crippen molar-refractivity contribution in [2.24, 2.45) is 0 Å². The average molecular weight is 359 g/mol. The van der Waals surface area contributed by atoms with Gasteiger partial charge in [-0.1, -0.05) is 31.4 Å². The first kappa shape index (κ1) is 16.9. The number of hydrogen-bond donors (Lipinski definition) is 0. The largest absolute Gasteiger partial charge is 0.349 e. The molecule has 2 heterocycles. The van der Waals surface area contributed by atoms with E-state index in [2.05, 4.69) is 4.57 Å². The summed E-state index contributed by atoms with van der Waals surface area (Å²) in [7, 11) is -3.46. The van der Waals surface area contributed by atoms with E-state index in [0.717, 1.165) is 5.69 Å². The first-order valence-electron chi connectivity index (χ1n) is 9.34. The number of benzene rings is 1. The molecule has 0 unspecified atom stereocenters. The molecule has 5 heteroatoms. The molecule has 4 rings (SSSR count). The van der Waals surface area contributed by atoms with Crippen LogP contribution in [0.1, 0.15) is 62.2 Å². The first-order valence-corrected chi connectivity index (χ1v) is 10.8. The molecular weight excluding hydrogens is 332 g/mol. The predicted molar refractivity (Wildman–Crippen MR) is 99.0 cm³/mol. The SMILES string of the molecule is C[C@H]1c2cccn2CCN1S(=O)(=O)c1ccc(C2CCCCC2)cc1. The highest BCUT2D eigenvalue weighted by molar-refractivity contribution is 7.89. The quantitative estimate of drug-likeness (QED) is 0.821. The molecule has 0 bridgehead atoms. The Morgan fingerprint density at radius 1 is 0.960 bits per heavy atom. The average Bonchev–Trinajstić information content (AvgIpc) is 3.12. The second kappa shape index (κ2) is 6.61. The Morgan fingerprint density at radius 2 is 1.68 bits per heavy atom. The molecule has 1 fully saturated rings. The fourth-order valence-electron chi connectivity index (χ4n) is 4.37. The van der Waals surface area contributed by atoms with Crippen LogP contribution in [0.3, 0.4) is 0 Å². The second-order valence-electron chi connectivity index (χ2n) is 7.32. The highest BCUT2D eigenvalue weighted by Gasteiger charge is 2.33. The molecule has 134 valence electrons. The molecule has 2 aliphatic rings. The minimum Gasteiger partial charge on any atom is -0.349 e. The lowest BCUT2D eigenvalue weighted by molar-refractivity contribution is 0.282. The molecule has 1 saturated carbocycles. The van der Waals surface area contributed by atoms with Gasteiger partial charge in [-0.3, -0.25) is 0 Å². The van der Waals surface area contributed by atoms with Crippen LogP contribution >= 0.6 is 0 Å². The van der Waals surface area contributed by atoms with Gasteiger partial charge in [-0.15, -0.1) is 0 Å². The number of hydrogen-bond acceptors (Lipinski definition) is 2. The van der Waals surface area contributed by atoms with Crippen molar-refractivity contribution in [2.75, 3.05) is 6.54 Å². The maximum atomic E-state index is 13.1. The highest BCUT2D eigenvalue weighted by atomic mass is 32.2. The van der Waals surface area contributed by atoms with Crippen LogP contribution in [0.5, 0.6) is 0 Å². The number of fused-ring (bicyclic) bond motifs is 1. The number of rotatable bonds is 3. The standard InChI is InChI=1S/C20H26N2O2S/c1-16-20-8-5-13-21(20)14-15-22(16)25(23,24)19-11-9-18(10-12-19)17-6-3-2-4-7-17/h5,8-13,16-17H,2-4,6-7,14-15H2,1H3/t16-/m0/s1. The summed E-state index contributed by atoms with van der Waals surface area (Å²) in [4.78, 5) is 0.416. The summed E-state index contributed by atoms with van der Waals surface area (Å²) in [5, 5.41) is 0. The monoisotopic (exact) mass is 358 g/mol. The highest BCUT2D eigenvalue weighted by Crippen LogP contribution is 2.34. The van der Waals surface area contributed by atoms with Crippen LogP contribution < -0.4 is 0 Å². The number of sulfonamides is 1. The zero-order valence-corrected chi connectivity index (χ0v) is 15.6. The van der Waals surface area contributed by atoms with Crippen molar-refractivity contribution in [3.05, 3.63) is 53.9 Å². The van der Waals surface area contributed by atoms with Gasteiger partial charge in [0.05, 0.1) is 10.9 Å². The minimum absolute atomic E-state index is 0.133. The molecule has 0 saturated heterocycles. The Hall–Kier alpha value is -1.59. The van der Waals surface area contributed by atoms with E-state index in [-0.39, 0.29) is 6.04 Å².